The number of nitrogens with zero attached hydrogens (tertiary/aromatic N) is 2. The van der Waals surface area contributed by atoms with Crippen LogP contribution in [-0.2, 0) is 6.42 Å². The van der Waals surface area contributed by atoms with Crippen LogP contribution in [0.2, 0.25) is 0 Å². The summed E-state index contributed by atoms with van der Waals surface area (Å²) >= 11 is 1.21. The summed E-state index contributed by atoms with van der Waals surface area (Å²) in [6, 6.07) is 15.3. The van der Waals surface area contributed by atoms with Gasteiger partial charge in [-0.05, 0) is 42.7 Å². The number of hydrogen-bond donors (Lipinski definition) is 0. The van der Waals surface area contributed by atoms with Gasteiger partial charge in [-0.25, -0.2) is 0 Å². The van der Waals surface area contributed by atoms with Crippen molar-refractivity contribution in [3.05, 3.63) is 96.2 Å². The SMILES string of the molecule is CCCCOc1ccc(/C=c2/sc3nc(=O)c(Cc4ccccc4)c(C)n3c2=O)cc1OC. The first-order chi connectivity index (χ1) is 16.0. The molecule has 170 valence electrons. The van der Waals surface area contributed by atoms with Crippen LogP contribution in [0.3, 0.4) is 0 Å². The van der Waals surface area contributed by atoms with Gasteiger partial charge in [-0.3, -0.25) is 14.0 Å². The zero-order valence-corrected chi connectivity index (χ0v) is 19.8. The van der Waals surface area contributed by atoms with Crippen LogP contribution in [0.1, 0.15) is 42.1 Å². The molecule has 0 aliphatic heterocycles. The fraction of sp³-hybridized carbons (Fsp3) is 0.269. The molecule has 2 aromatic heterocycles. The molecule has 4 rings (SSSR count). The van der Waals surface area contributed by atoms with Gasteiger partial charge in [0.1, 0.15) is 0 Å². The Balaban J connectivity index is 1.75. The second-order valence-electron chi connectivity index (χ2n) is 7.79. The monoisotopic (exact) mass is 462 g/mol. The Morgan fingerprint density at radius 1 is 1.09 bits per heavy atom. The highest BCUT2D eigenvalue weighted by Crippen LogP contribution is 2.28. The van der Waals surface area contributed by atoms with E-state index in [9.17, 15) is 9.59 Å². The van der Waals surface area contributed by atoms with Crippen molar-refractivity contribution in [2.75, 3.05) is 13.7 Å². The Bertz CT molecular complexity index is 1440. The summed E-state index contributed by atoms with van der Waals surface area (Å²) in [5, 5.41) is 0. The second kappa shape index (κ2) is 10.0. The first-order valence-electron chi connectivity index (χ1n) is 10.9. The number of methoxy groups -OCH3 is 1. The van der Waals surface area contributed by atoms with E-state index in [-0.39, 0.29) is 11.1 Å². The van der Waals surface area contributed by atoms with Crippen molar-refractivity contribution in [1.82, 2.24) is 9.38 Å². The Morgan fingerprint density at radius 2 is 1.88 bits per heavy atom. The van der Waals surface area contributed by atoms with Crippen molar-refractivity contribution in [1.29, 1.82) is 0 Å². The van der Waals surface area contributed by atoms with E-state index in [0.717, 1.165) is 24.0 Å². The smallest absolute Gasteiger partial charge is 0.277 e. The summed E-state index contributed by atoms with van der Waals surface area (Å²) < 4.78 is 13.3. The van der Waals surface area contributed by atoms with Crippen LogP contribution in [0.15, 0.2) is 58.1 Å². The first kappa shape index (κ1) is 22.7. The molecule has 0 N–H and O–H groups in total. The van der Waals surface area contributed by atoms with Gasteiger partial charge in [0.05, 0.1) is 18.2 Å². The van der Waals surface area contributed by atoms with E-state index in [4.69, 9.17) is 9.47 Å². The maximum absolute atomic E-state index is 13.2. The normalized spacial score (nSPS) is 11.8. The lowest BCUT2D eigenvalue weighted by Crippen LogP contribution is -2.27. The van der Waals surface area contributed by atoms with Crippen molar-refractivity contribution in [3.63, 3.8) is 0 Å². The van der Waals surface area contributed by atoms with Crippen LogP contribution >= 0.6 is 11.3 Å². The van der Waals surface area contributed by atoms with E-state index >= 15 is 0 Å². The van der Waals surface area contributed by atoms with Gasteiger partial charge < -0.3 is 9.47 Å². The standard InChI is InChI=1S/C26H26N2O4S/c1-4-5-13-32-21-12-11-19(15-22(21)31-3)16-23-25(30)28-17(2)20(24(29)27-26(28)33-23)14-18-9-7-6-8-10-18/h6-12,15-16H,4-5,13-14H2,1-3H3/b23-16+. The summed E-state index contributed by atoms with van der Waals surface area (Å²) in [6.45, 7) is 4.54. The van der Waals surface area contributed by atoms with Gasteiger partial charge in [-0.2, -0.15) is 4.98 Å². The van der Waals surface area contributed by atoms with Gasteiger partial charge in [-0.1, -0.05) is 61.1 Å². The Kier molecular flexibility index (Phi) is 6.89. The van der Waals surface area contributed by atoms with Crippen LogP contribution in [-0.4, -0.2) is 23.1 Å². The quantitative estimate of drug-likeness (QED) is 0.373. The van der Waals surface area contributed by atoms with Gasteiger partial charge >= 0.3 is 0 Å². The van der Waals surface area contributed by atoms with Crippen molar-refractivity contribution in [2.24, 2.45) is 0 Å². The molecule has 2 aromatic carbocycles. The lowest BCUT2D eigenvalue weighted by molar-refractivity contribution is 0.288. The summed E-state index contributed by atoms with van der Waals surface area (Å²) in [7, 11) is 1.59. The predicted molar refractivity (Wildman–Crippen MR) is 132 cm³/mol. The number of unbranched alkanes of at least 4 members (excludes halogenated alkanes) is 1. The molecule has 0 bridgehead atoms. The molecule has 0 radical (unpaired) electrons. The first-order valence-corrected chi connectivity index (χ1v) is 11.7. The number of fused-ring (bicyclic) bond motifs is 1. The van der Waals surface area contributed by atoms with Crippen LogP contribution in [0, 0.1) is 6.92 Å². The molecule has 0 saturated carbocycles. The molecule has 0 fully saturated rings. The van der Waals surface area contributed by atoms with Crippen LogP contribution in [0.4, 0.5) is 0 Å². The molecule has 0 saturated heterocycles. The molecule has 0 amide bonds. The second-order valence-corrected chi connectivity index (χ2v) is 8.80. The Morgan fingerprint density at radius 3 is 2.61 bits per heavy atom. The summed E-state index contributed by atoms with van der Waals surface area (Å²) in [5.41, 5.74) is 2.50. The van der Waals surface area contributed by atoms with Crippen molar-refractivity contribution < 1.29 is 9.47 Å². The highest BCUT2D eigenvalue weighted by atomic mass is 32.1. The zero-order chi connectivity index (χ0) is 23.4. The van der Waals surface area contributed by atoms with Crippen molar-refractivity contribution >= 4 is 22.4 Å². The third-order valence-electron chi connectivity index (χ3n) is 5.50. The van der Waals surface area contributed by atoms with E-state index in [1.165, 1.54) is 15.7 Å². The number of hydrogen-bond acceptors (Lipinski definition) is 6. The molecular formula is C26H26N2O4S. The minimum Gasteiger partial charge on any atom is -0.493 e. The largest absolute Gasteiger partial charge is 0.493 e. The molecule has 2 heterocycles. The lowest BCUT2D eigenvalue weighted by Gasteiger charge is -2.10. The number of ether oxygens (including phenoxy) is 2. The molecule has 0 aliphatic rings. The molecule has 4 aromatic rings. The average Bonchev–Trinajstić information content (AvgIpc) is 3.12. The minimum atomic E-state index is -0.292. The fourth-order valence-corrected chi connectivity index (χ4v) is 4.67. The average molecular weight is 463 g/mol. The zero-order valence-electron chi connectivity index (χ0n) is 19.0. The Labute approximate surface area is 195 Å². The Hall–Kier alpha value is -3.45. The van der Waals surface area contributed by atoms with Crippen molar-refractivity contribution in [2.45, 2.75) is 33.1 Å². The van der Waals surface area contributed by atoms with Crippen molar-refractivity contribution in [3.8, 4) is 11.5 Å². The van der Waals surface area contributed by atoms with Gasteiger partial charge in [0.15, 0.2) is 11.5 Å². The molecule has 33 heavy (non-hydrogen) atoms. The van der Waals surface area contributed by atoms with Gasteiger partial charge in [0, 0.05) is 17.7 Å². The molecule has 0 atom stereocenters. The lowest BCUT2D eigenvalue weighted by atomic mass is 10.1. The number of thiazole rings is 1. The number of aromatic nitrogens is 2. The van der Waals surface area contributed by atoms with E-state index in [1.54, 1.807) is 20.1 Å². The molecule has 7 heteroatoms. The van der Waals surface area contributed by atoms with Crippen LogP contribution < -0.4 is 25.1 Å². The van der Waals surface area contributed by atoms with E-state index in [1.807, 2.05) is 48.5 Å². The van der Waals surface area contributed by atoms with E-state index < -0.39 is 0 Å². The van der Waals surface area contributed by atoms with Gasteiger partial charge in [0.2, 0.25) is 4.96 Å². The van der Waals surface area contributed by atoms with E-state index in [2.05, 4.69) is 11.9 Å². The third kappa shape index (κ3) is 4.83. The number of rotatable bonds is 8. The minimum absolute atomic E-state index is 0.184. The molecule has 6 nitrogen and oxygen atoms in total. The predicted octanol–water partition coefficient (Wildman–Crippen LogP) is 3.75. The summed E-state index contributed by atoms with van der Waals surface area (Å²) in [6.07, 6.45) is 4.25. The molecule has 0 aliphatic carbocycles. The summed E-state index contributed by atoms with van der Waals surface area (Å²) in [4.78, 5) is 30.5. The highest BCUT2D eigenvalue weighted by Gasteiger charge is 2.15. The van der Waals surface area contributed by atoms with Crippen LogP contribution in [0.5, 0.6) is 11.5 Å². The summed E-state index contributed by atoms with van der Waals surface area (Å²) in [5.74, 6) is 1.29. The topological polar surface area (TPSA) is 69.9 Å². The highest BCUT2D eigenvalue weighted by molar-refractivity contribution is 7.15. The number of benzene rings is 2. The molecule has 0 spiro atoms. The van der Waals surface area contributed by atoms with Gasteiger partial charge in [-0.15, -0.1) is 0 Å². The molecule has 0 unspecified atom stereocenters. The molecular weight excluding hydrogens is 436 g/mol. The van der Waals surface area contributed by atoms with E-state index in [0.29, 0.717) is 45.3 Å². The fourth-order valence-electron chi connectivity index (χ4n) is 3.66. The number of aryl methyl sites for hydroxylation is 1. The van der Waals surface area contributed by atoms with Gasteiger partial charge in [0.25, 0.3) is 11.1 Å². The maximum Gasteiger partial charge on any atom is 0.277 e. The third-order valence-corrected chi connectivity index (χ3v) is 6.47. The van der Waals surface area contributed by atoms with Crippen LogP contribution in [0.25, 0.3) is 11.0 Å². The maximum atomic E-state index is 13.2.